The van der Waals surface area contributed by atoms with E-state index in [-0.39, 0.29) is 6.04 Å². The summed E-state index contributed by atoms with van der Waals surface area (Å²) in [7, 11) is 0. The third kappa shape index (κ3) is 3.02. The maximum absolute atomic E-state index is 8.80. The smallest absolute Gasteiger partial charge is 0.0992 e. The summed E-state index contributed by atoms with van der Waals surface area (Å²) in [5, 5.41) is 9.47. The molecule has 18 heavy (non-hydrogen) atoms. The number of piperidine rings is 1. The Morgan fingerprint density at radius 2 is 2.33 bits per heavy atom. The second kappa shape index (κ2) is 5.71. The molecule has 2 atom stereocenters. The maximum atomic E-state index is 8.80. The molecule has 0 bridgehead atoms. The average Bonchev–Trinajstić information content (AvgIpc) is 2.36. The summed E-state index contributed by atoms with van der Waals surface area (Å²) in [6, 6.07) is 7.81. The van der Waals surface area contributed by atoms with Crippen molar-refractivity contribution in [3.63, 3.8) is 0 Å². The van der Waals surface area contributed by atoms with Crippen molar-refractivity contribution < 1.29 is 0 Å². The topological polar surface area (TPSA) is 53.0 Å². The highest BCUT2D eigenvalue weighted by molar-refractivity contribution is 6.31. The summed E-state index contributed by atoms with van der Waals surface area (Å²) in [4.78, 5) is 2.33. The highest BCUT2D eigenvalue weighted by Crippen LogP contribution is 2.22. The first-order valence-electron chi connectivity index (χ1n) is 6.26. The standard InChI is InChI=1S/C14H18ClN3/c1-10-4-5-18(9-14(10)17)8-12-3-2-11(7-16)6-13(12)15/h2-3,6,10,14H,4-5,8-9,17H2,1H3. The summed E-state index contributed by atoms with van der Waals surface area (Å²) in [6.45, 7) is 4.99. The molecule has 0 radical (unpaired) electrons. The van der Waals surface area contributed by atoms with E-state index in [4.69, 9.17) is 22.6 Å². The Bertz CT molecular complexity index is 467. The molecule has 1 aromatic rings. The molecule has 1 aliphatic rings. The second-order valence-corrected chi connectivity index (χ2v) is 5.49. The van der Waals surface area contributed by atoms with Crippen LogP contribution in [0.3, 0.4) is 0 Å². The number of halogens is 1. The van der Waals surface area contributed by atoms with Gasteiger partial charge in [0.1, 0.15) is 0 Å². The van der Waals surface area contributed by atoms with Crippen LogP contribution in [0.1, 0.15) is 24.5 Å². The Kier molecular flexibility index (Phi) is 4.23. The fraction of sp³-hybridized carbons (Fsp3) is 0.500. The molecule has 0 saturated carbocycles. The van der Waals surface area contributed by atoms with Gasteiger partial charge in [-0.05, 0) is 36.6 Å². The number of nitrogens with two attached hydrogens (primary N) is 1. The van der Waals surface area contributed by atoms with Gasteiger partial charge in [0.2, 0.25) is 0 Å². The van der Waals surface area contributed by atoms with Crippen LogP contribution in [0.15, 0.2) is 18.2 Å². The lowest BCUT2D eigenvalue weighted by Crippen LogP contribution is -2.47. The van der Waals surface area contributed by atoms with Crippen molar-refractivity contribution >= 4 is 11.6 Å². The first kappa shape index (κ1) is 13.4. The molecule has 1 heterocycles. The van der Waals surface area contributed by atoms with E-state index in [1.165, 1.54) is 0 Å². The lowest BCUT2D eigenvalue weighted by atomic mass is 9.94. The highest BCUT2D eigenvalue weighted by atomic mass is 35.5. The second-order valence-electron chi connectivity index (χ2n) is 5.08. The van der Waals surface area contributed by atoms with Gasteiger partial charge in [-0.25, -0.2) is 0 Å². The van der Waals surface area contributed by atoms with Crippen molar-refractivity contribution in [1.82, 2.24) is 4.90 Å². The SMILES string of the molecule is CC1CCN(Cc2ccc(C#N)cc2Cl)CC1N. The zero-order valence-electron chi connectivity index (χ0n) is 10.6. The van der Waals surface area contributed by atoms with Crippen LogP contribution in [0.25, 0.3) is 0 Å². The molecule has 1 fully saturated rings. The minimum atomic E-state index is 0.246. The van der Waals surface area contributed by atoms with Crippen molar-refractivity contribution in [3.8, 4) is 6.07 Å². The fourth-order valence-electron chi connectivity index (χ4n) is 2.30. The summed E-state index contributed by atoms with van der Waals surface area (Å²) in [5.41, 5.74) is 7.76. The number of likely N-dealkylation sites (tertiary alicyclic amines) is 1. The first-order chi connectivity index (χ1) is 8.60. The lowest BCUT2D eigenvalue weighted by molar-refractivity contribution is 0.162. The minimum absolute atomic E-state index is 0.246. The number of nitriles is 1. The molecule has 1 saturated heterocycles. The molecule has 2 unspecified atom stereocenters. The van der Waals surface area contributed by atoms with Crippen LogP contribution in [0.4, 0.5) is 0 Å². The quantitative estimate of drug-likeness (QED) is 0.891. The van der Waals surface area contributed by atoms with Crippen molar-refractivity contribution in [2.75, 3.05) is 13.1 Å². The number of benzene rings is 1. The van der Waals surface area contributed by atoms with E-state index in [9.17, 15) is 0 Å². The van der Waals surface area contributed by atoms with Crippen LogP contribution in [0, 0.1) is 17.2 Å². The maximum Gasteiger partial charge on any atom is 0.0992 e. The summed E-state index contributed by atoms with van der Waals surface area (Å²) in [6.07, 6.45) is 1.13. The Balaban J connectivity index is 2.04. The number of hydrogen-bond donors (Lipinski definition) is 1. The van der Waals surface area contributed by atoms with Gasteiger partial charge < -0.3 is 5.73 Å². The predicted molar refractivity (Wildman–Crippen MR) is 73.2 cm³/mol. The first-order valence-corrected chi connectivity index (χ1v) is 6.64. The van der Waals surface area contributed by atoms with Gasteiger partial charge in [0.15, 0.2) is 0 Å². The summed E-state index contributed by atoms with van der Waals surface area (Å²) >= 11 is 6.18. The highest BCUT2D eigenvalue weighted by Gasteiger charge is 2.23. The molecular formula is C14H18ClN3. The molecule has 0 spiro atoms. The number of nitrogens with zero attached hydrogens (tertiary/aromatic N) is 2. The van der Waals surface area contributed by atoms with Crippen molar-refractivity contribution in [2.24, 2.45) is 11.7 Å². The van der Waals surface area contributed by atoms with Crippen LogP contribution in [0.5, 0.6) is 0 Å². The van der Waals surface area contributed by atoms with Crippen molar-refractivity contribution in [1.29, 1.82) is 5.26 Å². The molecule has 1 aliphatic heterocycles. The van der Waals surface area contributed by atoms with E-state index < -0.39 is 0 Å². The molecule has 0 aliphatic carbocycles. The van der Waals surface area contributed by atoms with Gasteiger partial charge in [-0.2, -0.15) is 5.26 Å². The molecule has 2 rings (SSSR count). The zero-order chi connectivity index (χ0) is 13.1. The van der Waals surface area contributed by atoms with Gasteiger partial charge in [0, 0.05) is 24.2 Å². The van der Waals surface area contributed by atoms with Crippen molar-refractivity contribution in [3.05, 3.63) is 34.3 Å². The average molecular weight is 264 g/mol. The Labute approximate surface area is 113 Å². The van der Waals surface area contributed by atoms with E-state index in [0.29, 0.717) is 16.5 Å². The monoisotopic (exact) mass is 263 g/mol. The third-order valence-corrected chi connectivity index (χ3v) is 4.03. The molecule has 0 amide bonds. The van der Waals surface area contributed by atoms with Gasteiger partial charge in [0.05, 0.1) is 11.6 Å². The molecule has 2 N–H and O–H groups in total. The normalized spacial score (nSPS) is 24.8. The van der Waals surface area contributed by atoms with Crippen LogP contribution < -0.4 is 5.73 Å². The molecule has 1 aromatic carbocycles. The summed E-state index contributed by atoms with van der Waals surface area (Å²) in [5.74, 6) is 0.595. The molecule has 0 aromatic heterocycles. The van der Waals surface area contributed by atoms with Gasteiger partial charge >= 0.3 is 0 Å². The van der Waals surface area contributed by atoms with Crippen LogP contribution in [-0.2, 0) is 6.54 Å². The van der Waals surface area contributed by atoms with Crippen LogP contribution in [-0.4, -0.2) is 24.0 Å². The predicted octanol–water partition coefficient (Wildman–Crippen LogP) is 2.38. The Hall–Kier alpha value is -1.08. The van der Waals surface area contributed by atoms with E-state index in [2.05, 4.69) is 17.9 Å². The van der Waals surface area contributed by atoms with Gasteiger partial charge in [-0.3, -0.25) is 4.90 Å². The Morgan fingerprint density at radius 3 is 2.94 bits per heavy atom. The molecule has 96 valence electrons. The van der Waals surface area contributed by atoms with Gasteiger partial charge in [-0.1, -0.05) is 24.6 Å². The van der Waals surface area contributed by atoms with Gasteiger partial charge in [-0.15, -0.1) is 0 Å². The van der Waals surface area contributed by atoms with E-state index >= 15 is 0 Å². The minimum Gasteiger partial charge on any atom is -0.326 e. The molecular weight excluding hydrogens is 246 g/mol. The van der Waals surface area contributed by atoms with Crippen LogP contribution >= 0.6 is 11.6 Å². The van der Waals surface area contributed by atoms with Crippen LogP contribution in [0.2, 0.25) is 5.02 Å². The molecule has 3 nitrogen and oxygen atoms in total. The largest absolute Gasteiger partial charge is 0.326 e. The van der Waals surface area contributed by atoms with E-state index in [1.54, 1.807) is 6.07 Å². The summed E-state index contributed by atoms with van der Waals surface area (Å²) < 4.78 is 0. The van der Waals surface area contributed by atoms with Crippen molar-refractivity contribution in [2.45, 2.75) is 25.9 Å². The van der Waals surface area contributed by atoms with E-state index in [0.717, 1.165) is 31.6 Å². The Morgan fingerprint density at radius 1 is 1.56 bits per heavy atom. The number of rotatable bonds is 2. The third-order valence-electron chi connectivity index (χ3n) is 3.68. The number of hydrogen-bond acceptors (Lipinski definition) is 3. The lowest BCUT2D eigenvalue weighted by Gasteiger charge is -2.35. The fourth-order valence-corrected chi connectivity index (χ4v) is 2.54. The zero-order valence-corrected chi connectivity index (χ0v) is 11.3. The van der Waals surface area contributed by atoms with E-state index in [1.807, 2.05) is 12.1 Å². The molecule has 4 heteroatoms. The van der Waals surface area contributed by atoms with Gasteiger partial charge in [0.25, 0.3) is 0 Å².